The van der Waals surface area contributed by atoms with Gasteiger partial charge < -0.3 is 19.6 Å². The van der Waals surface area contributed by atoms with Crippen LogP contribution in [0.5, 0.6) is 5.75 Å². The van der Waals surface area contributed by atoms with Gasteiger partial charge in [0.2, 0.25) is 0 Å². The predicted octanol–water partition coefficient (Wildman–Crippen LogP) is 4.59. The Morgan fingerprint density at radius 3 is 2.87 bits per heavy atom. The second-order valence-corrected chi connectivity index (χ2v) is 9.48. The first kappa shape index (κ1) is 28.3. The highest BCUT2D eigenvalue weighted by molar-refractivity contribution is 7.59. The van der Waals surface area contributed by atoms with Crippen LogP contribution >= 0.6 is 13.5 Å². The lowest BCUT2D eigenvalue weighted by Crippen LogP contribution is -2.36. The molecule has 9 nitrogen and oxygen atoms in total. The van der Waals surface area contributed by atoms with Crippen LogP contribution < -0.4 is 10.1 Å². The number of β-amino-alcohol motifs (C(OH)–C–C–N with tert-alkyl or cyclic N) is 1. The Morgan fingerprint density at radius 2 is 2.08 bits per heavy atom. The molecular weight excluding hydrogens is 514 g/mol. The van der Waals surface area contributed by atoms with Crippen molar-refractivity contribution in [2.24, 2.45) is 0 Å². The maximum atomic E-state index is 12.8. The SMILES string of the molecule is Cc1ncoc1COc1ccc2c(c1)CCN(C[C@@H](O)CCC(=O)c1ccnc(Nc3cccnc3)c1)C2.S. The van der Waals surface area contributed by atoms with Crippen LogP contribution in [-0.2, 0) is 19.6 Å². The smallest absolute Gasteiger partial charge is 0.181 e. The van der Waals surface area contributed by atoms with Crippen LogP contribution in [0, 0.1) is 6.92 Å². The summed E-state index contributed by atoms with van der Waals surface area (Å²) < 4.78 is 11.2. The monoisotopic (exact) mass is 547 g/mol. The van der Waals surface area contributed by atoms with Crippen molar-refractivity contribution >= 4 is 30.8 Å². The normalized spacial score (nSPS) is 13.7. The molecule has 4 heterocycles. The van der Waals surface area contributed by atoms with Gasteiger partial charge >= 0.3 is 0 Å². The van der Waals surface area contributed by atoms with Crippen LogP contribution in [0.4, 0.5) is 11.5 Å². The Bertz CT molecular complexity index is 1380. The van der Waals surface area contributed by atoms with Gasteiger partial charge in [-0.25, -0.2) is 9.97 Å². The number of aliphatic hydroxyl groups is 1. The maximum Gasteiger partial charge on any atom is 0.181 e. The second-order valence-electron chi connectivity index (χ2n) is 9.48. The van der Waals surface area contributed by atoms with E-state index in [1.165, 1.54) is 17.5 Å². The Kier molecular flexibility index (Phi) is 9.69. The molecule has 1 aliphatic rings. The zero-order valence-corrected chi connectivity index (χ0v) is 22.8. The van der Waals surface area contributed by atoms with Crippen molar-refractivity contribution in [3.63, 3.8) is 0 Å². The lowest BCUT2D eigenvalue weighted by atomic mass is 9.98. The highest BCUT2D eigenvalue weighted by Crippen LogP contribution is 2.25. The van der Waals surface area contributed by atoms with Gasteiger partial charge in [-0.15, -0.1) is 0 Å². The number of benzene rings is 1. The number of hydrogen-bond acceptors (Lipinski definition) is 9. The van der Waals surface area contributed by atoms with Gasteiger partial charge in [-0.2, -0.15) is 13.5 Å². The minimum atomic E-state index is -0.580. The molecule has 0 fully saturated rings. The number of Topliss-reactive ketones (excluding diaryl/α,β-unsaturated/α-hetero) is 1. The van der Waals surface area contributed by atoms with E-state index in [9.17, 15) is 9.90 Å². The zero-order chi connectivity index (χ0) is 26.3. The molecule has 10 heteroatoms. The summed E-state index contributed by atoms with van der Waals surface area (Å²) in [6, 6.07) is 13.3. The van der Waals surface area contributed by atoms with E-state index >= 15 is 0 Å². The van der Waals surface area contributed by atoms with Gasteiger partial charge in [0.25, 0.3) is 0 Å². The highest BCUT2D eigenvalue weighted by atomic mass is 32.1. The van der Waals surface area contributed by atoms with Crippen LogP contribution in [0.25, 0.3) is 0 Å². The third-order valence-corrected chi connectivity index (χ3v) is 6.67. The van der Waals surface area contributed by atoms with Gasteiger partial charge in [-0.1, -0.05) is 6.07 Å². The minimum absolute atomic E-state index is 0. The van der Waals surface area contributed by atoms with Crippen molar-refractivity contribution in [1.82, 2.24) is 19.9 Å². The third-order valence-electron chi connectivity index (χ3n) is 6.67. The summed E-state index contributed by atoms with van der Waals surface area (Å²) in [7, 11) is 0. The predicted molar refractivity (Wildman–Crippen MR) is 153 cm³/mol. The molecule has 0 bridgehead atoms. The average molecular weight is 548 g/mol. The number of anilines is 2. The van der Waals surface area contributed by atoms with Crippen LogP contribution in [-0.4, -0.2) is 49.9 Å². The van der Waals surface area contributed by atoms with Crippen LogP contribution in [0.1, 0.15) is 45.8 Å². The maximum absolute atomic E-state index is 12.8. The summed E-state index contributed by atoms with van der Waals surface area (Å²) >= 11 is 0. The van der Waals surface area contributed by atoms with Crippen LogP contribution in [0.3, 0.4) is 0 Å². The number of nitrogens with one attached hydrogen (secondary N) is 1. The van der Waals surface area contributed by atoms with E-state index in [2.05, 4.69) is 37.3 Å². The fourth-order valence-electron chi connectivity index (χ4n) is 4.54. The summed E-state index contributed by atoms with van der Waals surface area (Å²) in [6.07, 6.45) is 7.40. The van der Waals surface area contributed by atoms with Crippen molar-refractivity contribution in [2.75, 3.05) is 18.4 Å². The average Bonchev–Trinajstić information content (AvgIpc) is 3.35. The molecule has 3 aromatic heterocycles. The summed E-state index contributed by atoms with van der Waals surface area (Å²) in [6.45, 7) is 4.38. The summed E-state index contributed by atoms with van der Waals surface area (Å²) in [5.74, 6) is 2.10. The Balaban J connectivity index is 0.00000353. The molecule has 204 valence electrons. The second kappa shape index (κ2) is 13.4. The molecule has 1 atom stereocenters. The standard InChI is InChI=1S/C29H31N5O4.H2S/c1-20-28(38-19-32-20)18-37-26-6-4-23-16-34(12-9-21(23)13-26)17-25(35)5-7-27(36)22-8-11-31-29(14-22)33-24-3-2-10-30-15-24;/h2-4,6,8,10-11,13-15,19,25,35H,5,7,9,12,16-18H2,1H3,(H,31,33);1H2/t25-;/m0./s1. The van der Waals surface area contributed by atoms with Gasteiger partial charge in [0.1, 0.15) is 18.2 Å². The van der Waals surface area contributed by atoms with Crippen molar-refractivity contribution in [3.05, 3.63) is 95.6 Å². The first-order chi connectivity index (χ1) is 18.5. The first-order valence-electron chi connectivity index (χ1n) is 12.7. The van der Waals surface area contributed by atoms with E-state index in [1.807, 2.05) is 25.1 Å². The Labute approximate surface area is 234 Å². The highest BCUT2D eigenvalue weighted by Gasteiger charge is 2.20. The summed E-state index contributed by atoms with van der Waals surface area (Å²) in [5.41, 5.74) is 4.69. The minimum Gasteiger partial charge on any atom is -0.486 e. The number of nitrogens with zero attached hydrogens (tertiary/aromatic N) is 4. The van der Waals surface area contributed by atoms with E-state index in [1.54, 1.807) is 30.7 Å². The fourth-order valence-corrected chi connectivity index (χ4v) is 4.54. The Hall–Kier alpha value is -3.73. The van der Waals surface area contributed by atoms with Gasteiger partial charge in [-0.05, 0) is 67.3 Å². The van der Waals surface area contributed by atoms with Gasteiger partial charge in [0.15, 0.2) is 17.9 Å². The van der Waals surface area contributed by atoms with E-state index < -0.39 is 6.10 Å². The number of carbonyl (C=O) groups excluding carboxylic acids is 1. The number of ether oxygens (including phenoxy) is 1. The first-order valence-corrected chi connectivity index (χ1v) is 12.7. The molecule has 0 spiro atoms. The molecule has 0 radical (unpaired) electrons. The molecular formula is C29H33N5O4S. The number of oxazole rings is 1. The molecule has 0 aliphatic carbocycles. The van der Waals surface area contributed by atoms with Gasteiger partial charge in [-0.3, -0.25) is 14.7 Å². The molecule has 39 heavy (non-hydrogen) atoms. The van der Waals surface area contributed by atoms with Crippen molar-refractivity contribution in [1.29, 1.82) is 0 Å². The Morgan fingerprint density at radius 1 is 1.18 bits per heavy atom. The number of aromatic nitrogens is 3. The zero-order valence-electron chi connectivity index (χ0n) is 21.8. The summed E-state index contributed by atoms with van der Waals surface area (Å²) in [4.78, 5) is 27.4. The molecule has 1 aromatic carbocycles. The lowest BCUT2D eigenvalue weighted by molar-refractivity contribution is 0.0836. The number of rotatable bonds is 11. The van der Waals surface area contributed by atoms with Crippen molar-refractivity contribution < 1.29 is 19.1 Å². The number of pyridine rings is 2. The third kappa shape index (κ3) is 7.66. The van der Waals surface area contributed by atoms with Crippen LogP contribution in [0.15, 0.2) is 71.9 Å². The fraction of sp³-hybridized carbons (Fsp3) is 0.310. The number of hydrogen-bond donors (Lipinski definition) is 2. The topological polar surface area (TPSA) is 114 Å². The van der Waals surface area contributed by atoms with E-state index in [0.29, 0.717) is 31.0 Å². The molecule has 0 saturated carbocycles. The molecule has 5 rings (SSSR count). The van der Waals surface area contributed by atoms with Crippen molar-refractivity contribution in [3.8, 4) is 5.75 Å². The molecule has 1 aliphatic heterocycles. The molecule has 0 unspecified atom stereocenters. The quantitative estimate of drug-likeness (QED) is 0.260. The van der Waals surface area contributed by atoms with E-state index in [4.69, 9.17) is 9.15 Å². The molecule has 0 amide bonds. The summed E-state index contributed by atoms with van der Waals surface area (Å²) in [5, 5.41) is 13.8. The molecule has 4 aromatic rings. The molecule has 2 N–H and O–H groups in total. The van der Waals surface area contributed by atoms with Gasteiger partial charge in [0.05, 0.1) is 23.7 Å². The lowest BCUT2D eigenvalue weighted by Gasteiger charge is -2.30. The number of carbonyl (C=O) groups is 1. The number of aryl methyl sites for hydroxylation is 1. The molecule has 0 saturated heterocycles. The van der Waals surface area contributed by atoms with Gasteiger partial charge in [0, 0.05) is 44.0 Å². The number of fused-ring (bicyclic) bond motifs is 1. The van der Waals surface area contributed by atoms with Crippen LogP contribution in [0.2, 0.25) is 0 Å². The van der Waals surface area contributed by atoms with Crippen molar-refractivity contribution in [2.45, 2.75) is 45.4 Å². The number of ketones is 1. The van der Waals surface area contributed by atoms with E-state index in [0.717, 1.165) is 42.4 Å². The number of aliphatic hydroxyl groups excluding tert-OH is 1. The van der Waals surface area contributed by atoms with E-state index in [-0.39, 0.29) is 25.7 Å². The largest absolute Gasteiger partial charge is 0.486 e.